The van der Waals surface area contributed by atoms with E-state index in [1.54, 1.807) is 48.7 Å². The summed E-state index contributed by atoms with van der Waals surface area (Å²) in [5.74, 6) is -0.0380. The second-order valence-corrected chi connectivity index (χ2v) is 13.5. The Bertz CT molecular complexity index is 1510. The summed E-state index contributed by atoms with van der Waals surface area (Å²) in [4.78, 5) is 37.2. The molecule has 232 valence electrons. The Morgan fingerprint density at radius 3 is 2.58 bits per heavy atom. The number of benzene rings is 1. The second-order valence-electron chi connectivity index (χ2n) is 11.6. The minimum atomic E-state index is -4.01. The van der Waals surface area contributed by atoms with Crippen molar-refractivity contribution in [3.05, 3.63) is 43.0 Å². The van der Waals surface area contributed by atoms with E-state index < -0.39 is 56.4 Å². The average Bonchev–Trinajstić information content (AvgIpc) is 3.64. The number of fused-ring (bicyclic) bond motifs is 2. The Hall–Kier alpha value is -3.78. The SMILES string of the molecule is CC(NCP(=O)(Oc1ccccc1)OC(C)C1OC(n2cnc3c(N)ncnc32)C2OC(=O)OC12)C(=O)OCC(C)(C)C. The Kier molecular flexibility index (Phi) is 8.61. The van der Waals surface area contributed by atoms with Crippen LogP contribution in [-0.4, -0.2) is 75.0 Å². The molecule has 3 aromatic rings. The largest absolute Gasteiger partial charge is 0.509 e. The molecule has 4 heterocycles. The lowest BCUT2D eigenvalue weighted by Gasteiger charge is -2.28. The minimum absolute atomic E-state index is 0.175. The van der Waals surface area contributed by atoms with Gasteiger partial charge in [-0.1, -0.05) is 39.0 Å². The van der Waals surface area contributed by atoms with Gasteiger partial charge in [0.25, 0.3) is 0 Å². The van der Waals surface area contributed by atoms with Gasteiger partial charge in [-0.2, -0.15) is 0 Å². The average molecular weight is 619 g/mol. The van der Waals surface area contributed by atoms with Crippen LogP contribution in [0, 0.1) is 5.41 Å². The van der Waals surface area contributed by atoms with E-state index in [4.69, 9.17) is 33.7 Å². The molecule has 0 bridgehead atoms. The predicted molar refractivity (Wildman–Crippen MR) is 152 cm³/mol. The Morgan fingerprint density at radius 1 is 1.14 bits per heavy atom. The summed E-state index contributed by atoms with van der Waals surface area (Å²) in [6, 6.07) is 7.68. The van der Waals surface area contributed by atoms with Gasteiger partial charge in [0.05, 0.1) is 19.0 Å². The fourth-order valence-electron chi connectivity index (χ4n) is 4.62. The molecule has 16 heteroatoms. The lowest BCUT2D eigenvalue weighted by atomic mass is 9.99. The van der Waals surface area contributed by atoms with Crippen LogP contribution in [0.3, 0.4) is 0 Å². The number of carbonyl (C=O) groups is 2. The minimum Gasteiger partial charge on any atom is -0.464 e. The first kappa shape index (κ1) is 30.7. The van der Waals surface area contributed by atoms with E-state index >= 15 is 0 Å². The van der Waals surface area contributed by atoms with Crippen molar-refractivity contribution in [2.45, 2.75) is 71.3 Å². The van der Waals surface area contributed by atoms with Crippen molar-refractivity contribution in [1.82, 2.24) is 24.8 Å². The highest BCUT2D eigenvalue weighted by atomic mass is 31.2. The zero-order valence-electron chi connectivity index (χ0n) is 24.4. The molecule has 1 aromatic carbocycles. The number of nitrogens with one attached hydrogen (secondary N) is 1. The van der Waals surface area contributed by atoms with E-state index in [1.165, 1.54) is 12.7 Å². The zero-order chi connectivity index (χ0) is 30.9. The maximum absolute atomic E-state index is 14.2. The van der Waals surface area contributed by atoms with Crippen LogP contribution in [0.4, 0.5) is 10.6 Å². The smallest absolute Gasteiger partial charge is 0.464 e. The Labute approximate surface area is 247 Å². The van der Waals surface area contributed by atoms with Crippen LogP contribution >= 0.6 is 7.60 Å². The van der Waals surface area contributed by atoms with Crippen LogP contribution in [0.2, 0.25) is 0 Å². The van der Waals surface area contributed by atoms with Crippen molar-refractivity contribution >= 4 is 36.7 Å². The van der Waals surface area contributed by atoms with E-state index in [0.717, 1.165) is 0 Å². The molecule has 0 spiro atoms. The quantitative estimate of drug-likeness (QED) is 0.235. The number of anilines is 1. The molecule has 7 atom stereocenters. The number of carbonyl (C=O) groups excluding carboxylic acids is 2. The summed E-state index contributed by atoms with van der Waals surface area (Å²) >= 11 is 0. The van der Waals surface area contributed by atoms with Crippen LogP contribution in [0.25, 0.3) is 11.2 Å². The number of esters is 1. The van der Waals surface area contributed by atoms with Gasteiger partial charge in [-0.15, -0.1) is 0 Å². The van der Waals surface area contributed by atoms with Gasteiger partial charge in [0.2, 0.25) is 0 Å². The lowest BCUT2D eigenvalue weighted by molar-refractivity contribution is -0.148. The molecule has 2 fully saturated rings. The van der Waals surface area contributed by atoms with Gasteiger partial charge in [-0.25, -0.2) is 24.3 Å². The van der Waals surface area contributed by atoms with Crippen LogP contribution in [-0.2, 0) is 32.8 Å². The maximum atomic E-state index is 14.2. The molecule has 43 heavy (non-hydrogen) atoms. The summed E-state index contributed by atoms with van der Waals surface area (Å²) < 4.78 is 50.2. The predicted octanol–water partition coefficient (Wildman–Crippen LogP) is 3.41. The maximum Gasteiger partial charge on any atom is 0.509 e. The van der Waals surface area contributed by atoms with Gasteiger partial charge in [-0.05, 0) is 31.4 Å². The molecular weight excluding hydrogens is 583 g/mol. The molecule has 5 rings (SSSR count). The molecule has 7 unspecified atom stereocenters. The van der Waals surface area contributed by atoms with Crippen molar-refractivity contribution in [3.63, 3.8) is 0 Å². The highest BCUT2D eigenvalue weighted by molar-refractivity contribution is 7.54. The van der Waals surface area contributed by atoms with E-state index in [-0.39, 0.29) is 24.1 Å². The third-order valence-electron chi connectivity index (χ3n) is 6.72. The molecule has 0 saturated carbocycles. The first-order chi connectivity index (χ1) is 20.3. The van der Waals surface area contributed by atoms with Crippen LogP contribution in [0.15, 0.2) is 43.0 Å². The molecule has 0 radical (unpaired) electrons. The Morgan fingerprint density at radius 2 is 1.86 bits per heavy atom. The molecule has 15 nitrogen and oxygen atoms in total. The van der Waals surface area contributed by atoms with Gasteiger partial charge in [-0.3, -0.25) is 19.2 Å². The Balaban J connectivity index is 1.34. The number of nitrogen functional groups attached to an aromatic ring is 1. The van der Waals surface area contributed by atoms with E-state index in [9.17, 15) is 14.2 Å². The van der Waals surface area contributed by atoms with Crippen molar-refractivity contribution < 1.29 is 42.1 Å². The van der Waals surface area contributed by atoms with Gasteiger partial charge < -0.3 is 29.2 Å². The highest BCUT2D eigenvalue weighted by Crippen LogP contribution is 2.51. The summed E-state index contributed by atoms with van der Waals surface area (Å²) in [5, 5.41) is 2.91. The van der Waals surface area contributed by atoms with Crippen molar-refractivity contribution in [2.24, 2.45) is 5.41 Å². The lowest BCUT2D eigenvalue weighted by Crippen LogP contribution is -2.40. The fraction of sp³-hybridized carbons (Fsp3) is 0.519. The molecule has 2 aliphatic heterocycles. The van der Waals surface area contributed by atoms with Crippen molar-refractivity contribution in [3.8, 4) is 5.75 Å². The molecular formula is C27H35N6O9P. The second kappa shape index (κ2) is 12.1. The number of imidazole rings is 1. The zero-order valence-corrected chi connectivity index (χ0v) is 25.3. The molecule has 2 aromatic heterocycles. The van der Waals surface area contributed by atoms with E-state index in [2.05, 4.69) is 20.3 Å². The van der Waals surface area contributed by atoms with E-state index in [0.29, 0.717) is 16.9 Å². The van der Waals surface area contributed by atoms with Crippen molar-refractivity contribution in [2.75, 3.05) is 18.6 Å². The fourth-order valence-corrected chi connectivity index (χ4v) is 6.37. The number of hydrogen-bond donors (Lipinski definition) is 2. The standard InChI is InChI=1S/C27H35N6O9P/c1-15(25(34)37-11-27(3,4)5)32-14-43(36,42-17-9-7-6-8-10-17)41-16(2)19-20-21(40-26(35)39-20)24(38-19)33-13-31-18-22(28)29-12-30-23(18)33/h6-10,12-13,15-16,19-21,24,32H,11,14H2,1-5H3,(H2,28,29,30). The number of ether oxygens (including phenoxy) is 4. The summed E-state index contributed by atoms with van der Waals surface area (Å²) in [7, 11) is -4.01. The third-order valence-corrected chi connectivity index (χ3v) is 8.43. The van der Waals surface area contributed by atoms with Crippen LogP contribution < -0.4 is 15.6 Å². The van der Waals surface area contributed by atoms with Gasteiger partial charge in [0, 0.05) is 0 Å². The number of rotatable bonds is 11. The molecule has 0 aliphatic carbocycles. The summed E-state index contributed by atoms with van der Waals surface area (Å²) in [5.41, 5.74) is 6.43. The molecule has 3 N–H and O–H groups in total. The first-order valence-electron chi connectivity index (χ1n) is 13.7. The van der Waals surface area contributed by atoms with Gasteiger partial charge in [0.1, 0.15) is 36.0 Å². The first-order valence-corrected chi connectivity index (χ1v) is 15.4. The van der Waals surface area contributed by atoms with Crippen LogP contribution in [0.1, 0.15) is 40.8 Å². The highest BCUT2D eigenvalue weighted by Gasteiger charge is 2.58. The number of hydrogen-bond acceptors (Lipinski definition) is 14. The number of nitrogens with zero attached hydrogens (tertiary/aromatic N) is 4. The monoisotopic (exact) mass is 618 g/mol. The molecule has 2 saturated heterocycles. The number of aromatic nitrogens is 4. The topological polar surface area (TPSA) is 188 Å². The van der Waals surface area contributed by atoms with Gasteiger partial charge in [0.15, 0.2) is 29.9 Å². The normalized spacial score (nSPS) is 24.4. The third kappa shape index (κ3) is 6.90. The molecule has 2 aliphatic rings. The number of para-hydroxylation sites is 1. The summed E-state index contributed by atoms with van der Waals surface area (Å²) in [6.45, 7) is 9.27. The number of nitrogens with two attached hydrogens (primary N) is 1. The molecule has 0 amide bonds. The van der Waals surface area contributed by atoms with Crippen molar-refractivity contribution in [1.29, 1.82) is 0 Å². The van der Waals surface area contributed by atoms with Crippen LogP contribution in [0.5, 0.6) is 5.75 Å². The van der Waals surface area contributed by atoms with Gasteiger partial charge >= 0.3 is 19.7 Å². The van der Waals surface area contributed by atoms with E-state index in [1.807, 2.05) is 20.8 Å². The summed E-state index contributed by atoms with van der Waals surface area (Å²) in [6.07, 6.45) is -3.06.